The van der Waals surface area contributed by atoms with Gasteiger partial charge in [-0.25, -0.2) is 0 Å². The van der Waals surface area contributed by atoms with Crippen molar-refractivity contribution in [1.29, 1.82) is 0 Å². The van der Waals surface area contributed by atoms with Gasteiger partial charge < -0.3 is 4.90 Å². The van der Waals surface area contributed by atoms with E-state index in [1.165, 1.54) is 33.0 Å². The van der Waals surface area contributed by atoms with E-state index in [1.807, 2.05) is 0 Å². The van der Waals surface area contributed by atoms with Gasteiger partial charge in [0.15, 0.2) is 0 Å². The Morgan fingerprint density at radius 1 is 0.389 bits per heavy atom. The molecule has 2 heteroatoms. The van der Waals surface area contributed by atoms with E-state index in [0.29, 0.717) is 0 Å². The zero-order valence-corrected chi connectivity index (χ0v) is 21.3. The number of hydrogen-bond donors (Lipinski definition) is 0. The highest BCUT2D eigenvalue weighted by Crippen LogP contribution is 2.38. The largest absolute Gasteiger partial charge is 0.311 e. The first-order valence-electron chi connectivity index (χ1n) is 12.1. The summed E-state index contributed by atoms with van der Waals surface area (Å²) in [5.41, 5.74) is 8.25. The first-order valence-corrected chi connectivity index (χ1v) is 12.8. The summed E-state index contributed by atoms with van der Waals surface area (Å²) in [5, 5.41) is 2.53. The maximum Gasteiger partial charge on any atom is 0.0462 e. The fraction of sp³-hybridized carbons (Fsp3) is 0. The zero-order chi connectivity index (χ0) is 24.3. The van der Waals surface area contributed by atoms with Crippen LogP contribution in [0, 0.1) is 0 Å². The van der Waals surface area contributed by atoms with Gasteiger partial charge in [-0.1, -0.05) is 113 Å². The van der Waals surface area contributed by atoms with Gasteiger partial charge in [-0.05, 0) is 81.6 Å². The summed E-state index contributed by atoms with van der Waals surface area (Å²) >= 11 is 3.58. The van der Waals surface area contributed by atoms with Crippen molar-refractivity contribution in [3.05, 3.63) is 150 Å². The van der Waals surface area contributed by atoms with Crippen molar-refractivity contribution in [1.82, 2.24) is 0 Å². The van der Waals surface area contributed by atoms with E-state index >= 15 is 0 Å². The summed E-state index contributed by atoms with van der Waals surface area (Å²) in [4.78, 5) is 2.30. The van der Waals surface area contributed by atoms with Crippen LogP contribution < -0.4 is 4.90 Å². The molecule has 0 spiro atoms. The summed E-state index contributed by atoms with van der Waals surface area (Å²) in [6.07, 6.45) is 0. The van der Waals surface area contributed by atoms with Gasteiger partial charge in [0.05, 0.1) is 0 Å². The zero-order valence-electron chi connectivity index (χ0n) is 19.7. The third kappa shape index (κ3) is 4.44. The van der Waals surface area contributed by atoms with Crippen molar-refractivity contribution >= 4 is 43.8 Å². The number of halogens is 1. The predicted octanol–water partition coefficient (Wildman–Crippen LogP) is 10.4. The second-order valence-corrected chi connectivity index (χ2v) is 9.71. The van der Waals surface area contributed by atoms with E-state index in [9.17, 15) is 0 Å². The standard InChI is InChI=1S/C34H24BrN/c35-29-17-23-32(24-18-29)36(30-19-13-26(14-20-30)25-7-2-1-3-8-25)31-21-15-28(16-22-31)34-12-6-10-27-9-4-5-11-33(27)34/h1-24H. The normalized spacial score (nSPS) is 10.9. The molecule has 0 aliphatic heterocycles. The molecule has 0 saturated carbocycles. The maximum absolute atomic E-state index is 3.58. The van der Waals surface area contributed by atoms with E-state index in [0.717, 1.165) is 21.5 Å². The molecule has 0 heterocycles. The van der Waals surface area contributed by atoms with E-state index in [-0.39, 0.29) is 0 Å². The summed E-state index contributed by atoms with van der Waals surface area (Å²) in [7, 11) is 0. The average molecular weight is 526 g/mol. The number of hydrogen-bond acceptors (Lipinski definition) is 1. The summed E-state index contributed by atoms with van der Waals surface area (Å²) in [6.45, 7) is 0. The Bertz CT molecular complexity index is 1600. The SMILES string of the molecule is Brc1ccc(N(c2ccc(-c3ccccc3)cc2)c2ccc(-c3cccc4ccccc34)cc2)cc1. The Balaban J connectivity index is 1.40. The van der Waals surface area contributed by atoms with Crippen LogP contribution in [0.2, 0.25) is 0 Å². The lowest BCUT2D eigenvalue weighted by Crippen LogP contribution is -2.09. The Labute approximate surface area is 220 Å². The van der Waals surface area contributed by atoms with Crippen molar-refractivity contribution in [3.63, 3.8) is 0 Å². The first kappa shape index (κ1) is 22.3. The average Bonchev–Trinajstić information content (AvgIpc) is 2.95. The maximum atomic E-state index is 3.58. The van der Waals surface area contributed by atoms with Crippen molar-refractivity contribution in [2.24, 2.45) is 0 Å². The van der Waals surface area contributed by atoms with E-state index in [1.54, 1.807) is 0 Å². The number of fused-ring (bicyclic) bond motifs is 1. The molecule has 6 rings (SSSR count). The van der Waals surface area contributed by atoms with Crippen LogP contribution in [0.25, 0.3) is 33.0 Å². The van der Waals surface area contributed by atoms with Gasteiger partial charge in [0.1, 0.15) is 0 Å². The van der Waals surface area contributed by atoms with Crippen LogP contribution in [-0.2, 0) is 0 Å². The Kier molecular flexibility index (Phi) is 6.11. The number of benzene rings is 6. The van der Waals surface area contributed by atoms with Gasteiger partial charge in [0, 0.05) is 21.5 Å². The second-order valence-electron chi connectivity index (χ2n) is 8.80. The van der Waals surface area contributed by atoms with Crippen molar-refractivity contribution in [2.45, 2.75) is 0 Å². The molecule has 0 aromatic heterocycles. The molecular weight excluding hydrogens is 502 g/mol. The van der Waals surface area contributed by atoms with E-state index in [2.05, 4.69) is 166 Å². The molecule has 0 unspecified atom stereocenters. The highest BCUT2D eigenvalue weighted by Gasteiger charge is 2.13. The van der Waals surface area contributed by atoms with Crippen molar-refractivity contribution < 1.29 is 0 Å². The van der Waals surface area contributed by atoms with Crippen molar-refractivity contribution in [3.8, 4) is 22.3 Å². The van der Waals surface area contributed by atoms with Crippen LogP contribution in [0.3, 0.4) is 0 Å². The minimum atomic E-state index is 1.07. The van der Waals surface area contributed by atoms with E-state index < -0.39 is 0 Å². The summed E-state index contributed by atoms with van der Waals surface area (Å²) in [6, 6.07) is 51.7. The fourth-order valence-electron chi connectivity index (χ4n) is 4.74. The van der Waals surface area contributed by atoms with Gasteiger partial charge in [-0.3, -0.25) is 0 Å². The molecule has 172 valence electrons. The number of nitrogens with zero attached hydrogens (tertiary/aromatic N) is 1. The van der Waals surface area contributed by atoms with Crippen LogP contribution in [0.1, 0.15) is 0 Å². The first-order chi connectivity index (χ1) is 17.8. The van der Waals surface area contributed by atoms with Gasteiger partial charge in [0.25, 0.3) is 0 Å². The highest BCUT2D eigenvalue weighted by atomic mass is 79.9. The van der Waals surface area contributed by atoms with Crippen LogP contribution >= 0.6 is 15.9 Å². The monoisotopic (exact) mass is 525 g/mol. The molecule has 0 bridgehead atoms. The molecule has 0 saturated heterocycles. The molecule has 6 aromatic rings. The Hall–Kier alpha value is -4.14. The van der Waals surface area contributed by atoms with Crippen LogP contribution in [-0.4, -0.2) is 0 Å². The lowest BCUT2D eigenvalue weighted by atomic mass is 9.98. The molecule has 0 fully saturated rings. The number of anilines is 3. The minimum Gasteiger partial charge on any atom is -0.311 e. The Morgan fingerprint density at radius 3 is 1.56 bits per heavy atom. The smallest absolute Gasteiger partial charge is 0.0462 e. The second kappa shape index (κ2) is 9.85. The third-order valence-corrected chi connectivity index (χ3v) is 7.07. The van der Waals surface area contributed by atoms with Gasteiger partial charge in [-0.2, -0.15) is 0 Å². The predicted molar refractivity (Wildman–Crippen MR) is 157 cm³/mol. The molecule has 36 heavy (non-hydrogen) atoms. The molecule has 0 N–H and O–H groups in total. The summed E-state index contributed by atoms with van der Waals surface area (Å²) in [5.74, 6) is 0. The number of rotatable bonds is 5. The van der Waals surface area contributed by atoms with Gasteiger partial charge >= 0.3 is 0 Å². The minimum absolute atomic E-state index is 1.07. The van der Waals surface area contributed by atoms with Crippen LogP contribution in [0.5, 0.6) is 0 Å². The van der Waals surface area contributed by atoms with Gasteiger partial charge in [0.2, 0.25) is 0 Å². The fourth-order valence-corrected chi connectivity index (χ4v) is 5.00. The summed E-state index contributed by atoms with van der Waals surface area (Å²) < 4.78 is 1.07. The van der Waals surface area contributed by atoms with Crippen LogP contribution in [0.15, 0.2) is 150 Å². The quantitative estimate of drug-likeness (QED) is 0.216. The van der Waals surface area contributed by atoms with E-state index in [4.69, 9.17) is 0 Å². The molecular formula is C34H24BrN. The van der Waals surface area contributed by atoms with Crippen molar-refractivity contribution in [2.75, 3.05) is 4.90 Å². The van der Waals surface area contributed by atoms with Crippen LogP contribution in [0.4, 0.5) is 17.1 Å². The third-order valence-electron chi connectivity index (χ3n) is 6.54. The molecule has 0 amide bonds. The molecule has 0 aliphatic carbocycles. The molecule has 0 radical (unpaired) electrons. The highest BCUT2D eigenvalue weighted by molar-refractivity contribution is 9.10. The Morgan fingerprint density at radius 2 is 0.889 bits per heavy atom. The topological polar surface area (TPSA) is 3.24 Å². The lowest BCUT2D eigenvalue weighted by Gasteiger charge is -2.26. The molecule has 1 nitrogen and oxygen atoms in total. The van der Waals surface area contributed by atoms with Gasteiger partial charge in [-0.15, -0.1) is 0 Å². The molecule has 0 aliphatic rings. The molecule has 6 aromatic carbocycles. The molecule has 0 atom stereocenters. The lowest BCUT2D eigenvalue weighted by molar-refractivity contribution is 1.28.